The van der Waals surface area contributed by atoms with Crippen molar-refractivity contribution in [3.05, 3.63) is 17.5 Å². The molecule has 2 atom stereocenters. The van der Waals surface area contributed by atoms with E-state index in [4.69, 9.17) is 0 Å². The number of carbonyl (C=O) groups excluding carboxylic acids is 1. The first-order valence-electron chi connectivity index (χ1n) is 5.09. The van der Waals surface area contributed by atoms with E-state index < -0.39 is 23.7 Å². The number of hydrogen-bond acceptors (Lipinski definition) is 2. The van der Waals surface area contributed by atoms with Crippen LogP contribution in [0, 0.1) is 18.8 Å². The fraction of sp³-hybridized carbons (Fsp3) is 0.600. The molecule has 2 rings (SSSR count). The molecule has 0 unspecified atom stereocenters. The Morgan fingerprint density at radius 3 is 2.75 bits per heavy atom. The predicted octanol–water partition coefficient (Wildman–Crippen LogP) is 1.24. The minimum Gasteiger partial charge on any atom is -0.351 e. The van der Waals surface area contributed by atoms with Gasteiger partial charge in [-0.3, -0.25) is 9.89 Å². The number of amides is 1. The monoisotopic (exact) mass is 229 g/mol. The van der Waals surface area contributed by atoms with Crippen molar-refractivity contribution in [2.45, 2.75) is 26.3 Å². The van der Waals surface area contributed by atoms with E-state index in [0.29, 0.717) is 0 Å². The fourth-order valence-corrected chi connectivity index (χ4v) is 1.73. The number of aromatic amines is 1. The summed E-state index contributed by atoms with van der Waals surface area (Å²) >= 11 is 0. The Morgan fingerprint density at radius 1 is 1.69 bits per heavy atom. The molecule has 1 aromatic rings. The second-order valence-electron chi connectivity index (χ2n) is 4.18. The summed E-state index contributed by atoms with van der Waals surface area (Å²) < 4.78 is 25.8. The molecular weight excluding hydrogens is 216 g/mol. The highest BCUT2D eigenvalue weighted by atomic mass is 19.3. The second-order valence-corrected chi connectivity index (χ2v) is 4.18. The van der Waals surface area contributed by atoms with Crippen LogP contribution in [0.25, 0.3) is 0 Å². The van der Waals surface area contributed by atoms with Gasteiger partial charge in [-0.05, 0) is 6.92 Å². The molecule has 0 aliphatic heterocycles. The summed E-state index contributed by atoms with van der Waals surface area (Å²) in [5.74, 6) is -5.44. The van der Waals surface area contributed by atoms with Gasteiger partial charge in [0.15, 0.2) is 0 Å². The Labute approximate surface area is 91.4 Å². The second kappa shape index (κ2) is 3.54. The van der Waals surface area contributed by atoms with E-state index in [1.54, 1.807) is 6.20 Å². The Balaban J connectivity index is 1.89. The van der Waals surface area contributed by atoms with Gasteiger partial charge in [0.2, 0.25) is 5.91 Å². The van der Waals surface area contributed by atoms with E-state index in [1.165, 1.54) is 6.92 Å². The van der Waals surface area contributed by atoms with Crippen molar-refractivity contribution < 1.29 is 13.6 Å². The molecule has 1 aromatic heterocycles. The summed E-state index contributed by atoms with van der Waals surface area (Å²) in [5.41, 5.74) is 1.64. The number of alkyl halides is 2. The molecular formula is C10H13F2N3O. The molecule has 0 radical (unpaired) electrons. The van der Waals surface area contributed by atoms with Gasteiger partial charge in [-0.2, -0.15) is 5.10 Å². The van der Waals surface area contributed by atoms with Gasteiger partial charge < -0.3 is 5.32 Å². The van der Waals surface area contributed by atoms with Crippen LogP contribution in [0.4, 0.5) is 8.78 Å². The van der Waals surface area contributed by atoms with Crippen molar-refractivity contribution >= 4 is 5.91 Å². The number of carbonyl (C=O) groups is 1. The maximum atomic E-state index is 12.9. The number of halogens is 2. The highest BCUT2D eigenvalue weighted by Crippen LogP contribution is 2.54. The summed E-state index contributed by atoms with van der Waals surface area (Å²) in [7, 11) is 0. The fourth-order valence-electron chi connectivity index (χ4n) is 1.73. The van der Waals surface area contributed by atoms with Crippen LogP contribution in [-0.4, -0.2) is 22.0 Å². The summed E-state index contributed by atoms with van der Waals surface area (Å²) in [6, 6.07) is 0. The van der Waals surface area contributed by atoms with Crippen LogP contribution in [-0.2, 0) is 11.3 Å². The zero-order valence-electron chi connectivity index (χ0n) is 9.05. The Morgan fingerprint density at radius 2 is 2.31 bits per heavy atom. The van der Waals surface area contributed by atoms with Crippen molar-refractivity contribution in [1.29, 1.82) is 0 Å². The summed E-state index contributed by atoms with van der Waals surface area (Å²) in [4.78, 5) is 11.4. The molecule has 6 heteroatoms. The van der Waals surface area contributed by atoms with Gasteiger partial charge in [0.25, 0.3) is 5.92 Å². The lowest BCUT2D eigenvalue weighted by molar-refractivity contribution is -0.124. The standard InChI is InChI=1S/C10H13F2N3O/c1-5-8(10(5,11)12)9(16)13-3-7-4-14-15-6(7)2/h4-5,8H,3H2,1-2H3,(H,13,16)(H,14,15)/t5-,8-/m1/s1. The lowest BCUT2D eigenvalue weighted by atomic mass is 10.2. The van der Waals surface area contributed by atoms with Crippen molar-refractivity contribution in [2.75, 3.05) is 0 Å². The first kappa shape index (κ1) is 11.0. The van der Waals surface area contributed by atoms with Crippen LogP contribution in [0.1, 0.15) is 18.2 Å². The molecule has 4 nitrogen and oxygen atoms in total. The third-order valence-electron chi connectivity index (χ3n) is 3.08. The van der Waals surface area contributed by atoms with E-state index in [9.17, 15) is 13.6 Å². The number of rotatable bonds is 3. The number of nitrogens with one attached hydrogen (secondary N) is 2. The maximum Gasteiger partial charge on any atom is 0.263 e. The topological polar surface area (TPSA) is 57.8 Å². The summed E-state index contributed by atoms with van der Waals surface area (Å²) in [6.45, 7) is 3.43. The van der Waals surface area contributed by atoms with Gasteiger partial charge in [0.05, 0.1) is 6.20 Å². The number of aryl methyl sites for hydroxylation is 1. The molecule has 1 aliphatic rings. The Bertz CT molecular complexity index is 416. The summed E-state index contributed by atoms with van der Waals surface area (Å²) in [6.07, 6.45) is 1.57. The van der Waals surface area contributed by atoms with E-state index in [-0.39, 0.29) is 6.54 Å². The van der Waals surface area contributed by atoms with Crippen molar-refractivity contribution in [3.8, 4) is 0 Å². The Hall–Kier alpha value is -1.46. The molecule has 0 saturated heterocycles. The number of H-pyrrole nitrogens is 1. The molecule has 0 aromatic carbocycles. The van der Waals surface area contributed by atoms with Gasteiger partial charge >= 0.3 is 0 Å². The van der Waals surface area contributed by atoms with Gasteiger partial charge in [-0.25, -0.2) is 8.78 Å². The molecule has 1 fully saturated rings. The summed E-state index contributed by atoms with van der Waals surface area (Å²) in [5, 5.41) is 8.99. The third kappa shape index (κ3) is 1.68. The quantitative estimate of drug-likeness (QED) is 0.819. The molecule has 0 spiro atoms. The molecule has 1 aliphatic carbocycles. The van der Waals surface area contributed by atoms with E-state index in [0.717, 1.165) is 11.3 Å². The van der Waals surface area contributed by atoms with E-state index >= 15 is 0 Å². The lowest BCUT2D eigenvalue weighted by Gasteiger charge is -2.03. The van der Waals surface area contributed by atoms with Crippen LogP contribution >= 0.6 is 0 Å². The zero-order valence-corrected chi connectivity index (χ0v) is 9.05. The van der Waals surface area contributed by atoms with Gasteiger partial charge in [-0.15, -0.1) is 0 Å². The minimum atomic E-state index is -2.84. The third-order valence-corrected chi connectivity index (χ3v) is 3.08. The van der Waals surface area contributed by atoms with Crippen LogP contribution in [0.3, 0.4) is 0 Å². The molecule has 1 amide bonds. The zero-order chi connectivity index (χ0) is 11.9. The SMILES string of the molecule is Cc1[nH]ncc1CNC(=O)[C@H]1[C@@H](C)C1(F)F. The first-order valence-corrected chi connectivity index (χ1v) is 5.09. The average molecular weight is 229 g/mol. The molecule has 88 valence electrons. The van der Waals surface area contributed by atoms with E-state index in [1.807, 2.05) is 6.92 Å². The van der Waals surface area contributed by atoms with Gasteiger partial charge in [0, 0.05) is 23.7 Å². The number of hydrogen-bond donors (Lipinski definition) is 2. The average Bonchev–Trinajstić information content (AvgIpc) is 2.58. The van der Waals surface area contributed by atoms with Gasteiger partial charge in [0.1, 0.15) is 5.92 Å². The van der Waals surface area contributed by atoms with E-state index in [2.05, 4.69) is 15.5 Å². The van der Waals surface area contributed by atoms with Crippen LogP contribution in [0.15, 0.2) is 6.20 Å². The molecule has 0 bridgehead atoms. The predicted molar refractivity (Wildman–Crippen MR) is 52.8 cm³/mol. The molecule has 1 heterocycles. The lowest BCUT2D eigenvalue weighted by Crippen LogP contribution is -2.26. The highest BCUT2D eigenvalue weighted by molar-refractivity contribution is 5.83. The smallest absolute Gasteiger partial charge is 0.263 e. The van der Waals surface area contributed by atoms with Gasteiger partial charge in [-0.1, -0.05) is 6.92 Å². The highest BCUT2D eigenvalue weighted by Gasteiger charge is 2.69. The molecule has 2 N–H and O–H groups in total. The van der Waals surface area contributed by atoms with Crippen molar-refractivity contribution in [2.24, 2.45) is 11.8 Å². The minimum absolute atomic E-state index is 0.237. The first-order chi connectivity index (χ1) is 7.44. The molecule has 1 saturated carbocycles. The van der Waals surface area contributed by atoms with Crippen LogP contribution in [0.5, 0.6) is 0 Å². The van der Waals surface area contributed by atoms with Crippen molar-refractivity contribution in [1.82, 2.24) is 15.5 Å². The largest absolute Gasteiger partial charge is 0.351 e. The molecule has 16 heavy (non-hydrogen) atoms. The normalized spacial score (nSPS) is 26.5. The number of aromatic nitrogens is 2. The number of nitrogens with zero attached hydrogens (tertiary/aromatic N) is 1. The maximum absolute atomic E-state index is 12.9. The van der Waals surface area contributed by atoms with Crippen LogP contribution < -0.4 is 5.32 Å². The van der Waals surface area contributed by atoms with Crippen LogP contribution in [0.2, 0.25) is 0 Å². The van der Waals surface area contributed by atoms with Crippen molar-refractivity contribution in [3.63, 3.8) is 0 Å². The Kier molecular flexibility index (Phi) is 2.44.